The zero-order chi connectivity index (χ0) is 12.7. The lowest BCUT2D eigenvalue weighted by molar-refractivity contribution is 0.451. The van der Waals surface area contributed by atoms with E-state index in [9.17, 15) is 0 Å². The fourth-order valence-electron chi connectivity index (χ4n) is 1.59. The minimum absolute atomic E-state index is 0.259. The van der Waals surface area contributed by atoms with Gasteiger partial charge in [-0.2, -0.15) is 16.9 Å². The van der Waals surface area contributed by atoms with E-state index in [0.29, 0.717) is 5.92 Å². The second kappa shape index (κ2) is 7.68. The van der Waals surface area contributed by atoms with E-state index in [2.05, 4.69) is 36.3 Å². The van der Waals surface area contributed by atoms with Gasteiger partial charge in [-0.3, -0.25) is 11.3 Å². The van der Waals surface area contributed by atoms with Crippen molar-refractivity contribution in [2.75, 3.05) is 11.5 Å². The van der Waals surface area contributed by atoms with Gasteiger partial charge < -0.3 is 0 Å². The smallest absolute Gasteiger partial charge is 0.138 e. The molecular weight excluding hydrogens is 234 g/mol. The summed E-state index contributed by atoms with van der Waals surface area (Å²) in [6.07, 6.45) is 2.45. The molecule has 1 aromatic heterocycles. The number of rotatable bonds is 8. The molecule has 0 aromatic carbocycles. The molecule has 0 saturated carbocycles. The molecule has 0 aliphatic rings. The van der Waals surface area contributed by atoms with Crippen molar-refractivity contribution in [3.63, 3.8) is 0 Å². The topological polar surface area (TPSA) is 68.8 Å². The number of aromatic nitrogens is 3. The highest BCUT2D eigenvalue weighted by Crippen LogP contribution is 2.08. The SMILES string of the molecule is CCSCC(Cc1ncnn1CC(C)C)NN. The average Bonchev–Trinajstić information content (AvgIpc) is 2.70. The van der Waals surface area contributed by atoms with Gasteiger partial charge in [0.25, 0.3) is 0 Å². The van der Waals surface area contributed by atoms with Crippen LogP contribution in [0.15, 0.2) is 6.33 Å². The quantitative estimate of drug-likeness (QED) is 0.538. The fourth-order valence-corrected chi connectivity index (χ4v) is 2.33. The molecule has 98 valence electrons. The predicted molar refractivity (Wildman–Crippen MR) is 72.7 cm³/mol. The van der Waals surface area contributed by atoms with E-state index in [1.807, 2.05) is 16.4 Å². The predicted octanol–water partition coefficient (Wildman–Crippen LogP) is 1.06. The van der Waals surface area contributed by atoms with Gasteiger partial charge in [-0.05, 0) is 11.7 Å². The van der Waals surface area contributed by atoms with Crippen LogP contribution >= 0.6 is 11.8 Å². The summed E-state index contributed by atoms with van der Waals surface area (Å²) in [6, 6.07) is 0.259. The molecule has 1 aromatic rings. The van der Waals surface area contributed by atoms with Crippen LogP contribution in [0.3, 0.4) is 0 Å². The summed E-state index contributed by atoms with van der Waals surface area (Å²) in [6.45, 7) is 7.42. The van der Waals surface area contributed by atoms with Crippen molar-refractivity contribution in [2.24, 2.45) is 11.8 Å². The van der Waals surface area contributed by atoms with E-state index >= 15 is 0 Å². The largest absolute Gasteiger partial charge is 0.271 e. The summed E-state index contributed by atoms with van der Waals surface area (Å²) in [5.41, 5.74) is 2.85. The van der Waals surface area contributed by atoms with Crippen molar-refractivity contribution in [1.29, 1.82) is 0 Å². The van der Waals surface area contributed by atoms with E-state index in [4.69, 9.17) is 5.84 Å². The van der Waals surface area contributed by atoms with Crippen LogP contribution in [0, 0.1) is 5.92 Å². The van der Waals surface area contributed by atoms with Crippen molar-refractivity contribution in [1.82, 2.24) is 20.2 Å². The Hall–Kier alpha value is -0.590. The molecule has 6 heteroatoms. The maximum Gasteiger partial charge on any atom is 0.138 e. The van der Waals surface area contributed by atoms with Gasteiger partial charge in [0.05, 0.1) is 0 Å². The highest BCUT2D eigenvalue weighted by molar-refractivity contribution is 7.99. The van der Waals surface area contributed by atoms with Gasteiger partial charge in [0.2, 0.25) is 0 Å². The van der Waals surface area contributed by atoms with Crippen LogP contribution in [-0.2, 0) is 13.0 Å². The van der Waals surface area contributed by atoms with E-state index in [1.165, 1.54) is 0 Å². The minimum Gasteiger partial charge on any atom is -0.271 e. The fraction of sp³-hybridized carbons (Fsp3) is 0.818. The van der Waals surface area contributed by atoms with Gasteiger partial charge in [0.15, 0.2) is 0 Å². The average molecular weight is 257 g/mol. The standard InChI is InChI=1S/C11H23N5S/c1-4-17-7-10(15-12)5-11-13-8-14-16(11)6-9(2)3/h8-10,15H,4-7,12H2,1-3H3. The molecule has 0 fully saturated rings. The van der Waals surface area contributed by atoms with Crippen LogP contribution in [0.25, 0.3) is 0 Å². The monoisotopic (exact) mass is 257 g/mol. The van der Waals surface area contributed by atoms with E-state index in [-0.39, 0.29) is 6.04 Å². The Morgan fingerprint density at radius 2 is 2.29 bits per heavy atom. The Morgan fingerprint density at radius 3 is 2.88 bits per heavy atom. The summed E-state index contributed by atoms with van der Waals surface area (Å²) < 4.78 is 1.98. The molecule has 3 N–H and O–H groups in total. The second-order valence-corrected chi connectivity index (χ2v) is 5.80. The normalized spacial score (nSPS) is 13.2. The molecule has 1 unspecified atom stereocenters. The molecule has 0 aliphatic heterocycles. The van der Waals surface area contributed by atoms with E-state index in [0.717, 1.165) is 30.3 Å². The Kier molecular flexibility index (Phi) is 6.54. The molecule has 0 spiro atoms. The maximum atomic E-state index is 5.56. The van der Waals surface area contributed by atoms with Gasteiger partial charge in [0, 0.05) is 24.8 Å². The molecule has 0 bridgehead atoms. The summed E-state index contributed by atoms with van der Waals surface area (Å²) in [4.78, 5) is 4.31. The molecule has 1 heterocycles. The first-order valence-corrected chi connectivity index (χ1v) is 7.23. The molecule has 0 aliphatic carbocycles. The van der Waals surface area contributed by atoms with Crippen LogP contribution in [0.2, 0.25) is 0 Å². The summed E-state index contributed by atoms with van der Waals surface area (Å²) >= 11 is 1.88. The van der Waals surface area contributed by atoms with Crippen molar-refractivity contribution in [3.8, 4) is 0 Å². The van der Waals surface area contributed by atoms with Gasteiger partial charge in [-0.15, -0.1) is 0 Å². The summed E-state index contributed by atoms with van der Waals surface area (Å²) in [5, 5.41) is 4.25. The van der Waals surface area contributed by atoms with Gasteiger partial charge in [-0.25, -0.2) is 9.67 Å². The van der Waals surface area contributed by atoms with Gasteiger partial charge in [0.1, 0.15) is 12.2 Å². The third-order valence-electron chi connectivity index (χ3n) is 2.42. The van der Waals surface area contributed by atoms with Crippen LogP contribution in [-0.4, -0.2) is 32.3 Å². The van der Waals surface area contributed by atoms with E-state index < -0.39 is 0 Å². The molecule has 1 rings (SSSR count). The highest BCUT2D eigenvalue weighted by Gasteiger charge is 2.13. The van der Waals surface area contributed by atoms with Crippen LogP contribution in [0.5, 0.6) is 0 Å². The number of thioether (sulfide) groups is 1. The molecule has 5 nitrogen and oxygen atoms in total. The lowest BCUT2D eigenvalue weighted by Gasteiger charge is -2.15. The van der Waals surface area contributed by atoms with Crippen LogP contribution in [0.1, 0.15) is 26.6 Å². The second-order valence-electron chi connectivity index (χ2n) is 4.48. The lowest BCUT2D eigenvalue weighted by Crippen LogP contribution is -2.39. The molecular formula is C11H23N5S. The molecule has 17 heavy (non-hydrogen) atoms. The number of nitrogens with two attached hydrogens (primary N) is 1. The van der Waals surface area contributed by atoms with Gasteiger partial charge >= 0.3 is 0 Å². The van der Waals surface area contributed by atoms with Crippen molar-refractivity contribution >= 4 is 11.8 Å². The Labute approximate surface area is 108 Å². The van der Waals surface area contributed by atoms with Gasteiger partial charge in [-0.1, -0.05) is 20.8 Å². The zero-order valence-corrected chi connectivity index (χ0v) is 11.7. The highest BCUT2D eigenvalue weighted by atomic mass is 32.2. The molecule has 0 saturated heterocycles. The first-order valence-electron chi connectivity index (χ1n) is 6.07. The Morgan fingerprint density at radius 1 is 1.53 bits per heavy atom. The molecule has 0 amide bonds. The van der Waals surface area contributed by atoms with Crippen molar-refractivity contribution in [2.45, 2.75) is 39.8 Å². The summed E-state index contributed by atoms with van der Waals surface area (Å²) in [5.74, 6) is 9.26. The zero-order valence-electron chi connectivity index (χ0n) is 10.9. The first kappa shape index (κ1) is 14.5. The lowest BCUT2D eigenvalue weighted by atomic mass is 10.2. The molecule has 0 radical (unpaired) electrons. The number of nitrogens with one attached hydrogen (secondary N) is 1. The third-order valence-corrected chi connectivity index (χ3v) is 3.47. The number of nitrogens with zero attached hydrogens (tertiary/aromatic N) is 3. The van der Waals surface area contributed by atoms with E-state index in [1.54, 1.807) is 6.33 Å². The first-order chi connectivity index (χ1) is 8.17. The van der Waals surface area contributed by atoms with Crippen LogP contribution < -0.4 is 11.3 Å². The Bertz CT molecular complexity index is 313. The Balaban J connectivity index is 2.56. The number of hydrogen-bond acceptors (Lipinski definition) is 5. The van der Waals surface area contributed by atoms with Crippen LogP contribution in [0.4, 0.5) is 0 Å². The number of hydrazine groups is 1. The number of hydrogen-bond donors (Lipinski definition) is 2. The maximum absolute atomic E-state index is 5.56. The summed E-state index contributed by atoms with van der Waals surface area (Å²) in [7, 11) is 0. The van der Waals surface area contributed by atoms with Crippen molar-refractivity contribution < 1.29 is 0 Å². The van der Waals surface area contributed by atoms with Crippen molar-refractivity contribution in [3.05, 3.63) is 12.2 Å². The third kappa shape index (κ3) is 5.06. The molecule has 1 atom stereocenters. The minimum atomic E-state index is 0.259.